The zero-order valence-electron chi connectivity index (χ0n) is 7.17. The van der Waals surface area contributed by atoms with Crippen molar-refractivity contribution in [1.29, 1.82) is 0 Å². The van der Waals surface area contributed by atoms with Gasteiger partial charge < -0.3 is 5.32 Å². The van der Waals surface area contributed by atoms with Crippen molar-refractivity contribution in [1.82, 2.24) is 8.75 Å². The van der Waals surface area contributed by atoms with Gasteiger partial charge in [0.25, 0.3) is 0 Å². The fourth-order valence-corrected chi connectivity index (χ4v) is 2.16. The van der Waals surface area contributed by atoms with Crippen LogP contribution in [0.5, 0.6) is 0 Å². The minimum absolute atomic E-state index is 0.354. The molecule has 15 heavy (non-hydrogen) atoms. The second kappa shape index (κ2) is 4.65. The molecule has 0 amide bonds. The standard InChI is InChI=1S/C8H4BrCl2N3S/c9-6-4(10)2-1-3-5(6)12-8-7(11)13-15-14-8/h1-3H,(H,12,14). The van der Waals surface area contributed by atoms with Crippen molar-refractivity contribution < 1.29 is 0 Å². The second-order valence-electron chi connectivity index (χ2n) is 2.63. The molecule has 0 radical (unpaired) electrons. The zero-order valence-corrected chi connectivity index (χ0v) is 11.1. The summed E-state index contributed by atoms with van der Waals surface area (Å²) in [5, 5.41) is 4.01. The third-order valence-corrected chi connectivity index (χ3v) is 3.94. The molecule has 0 unspecified atom stereocenters. The average Bonchev–Trinajstić information content (AvgIpc) is 2.60. The number of hydrogen-bond donors (Lipinski definition) is 1. The molecule has 0 spiro atoms. The van der Waals surface area contributed by atoms with Gasteiger partial charge in [-0.1, -0.05) is 29.3 Å². The highest BCUT2D eigenvalue weighted by atomic mass is 79.9. The van der Waals surface area contributed by atoms with Gasteiger partial charge in [0, 0.05) is 0 Å². The molecule has 7 heteroatoms. The Morgan fingerprint density at radius 3 is 2.73 bits per heavy atom. The molecular formula is C8H4BrCl2N3S. The maximum absolute atomic E-state index is 5.94. The van der Waals surface area contributed by atoms with Crippen LogP contribution >= 0.6 is 50.9 Å². The summed E-state index contributed by atoms with van der Waals surface area (Å²) < 4.78 is 8.63. The molecule has 0 aliphatic carbocycles. The predicted octanol–water partition coefficient (Wildman–Crippen LogP) is 4.35. The summed E-state index contributed by atoms with van der Waals surface area (Å²) in [7, 11) is 0. The summed E-state index contributed by atoms with van der Waals surface area (Å²) >= 11 is 16.2. The first kappa shape index (κ1) is 11.1. The van der Waals surface area contributed by atoms with Crippen LogP contribution in [0, 0.1) is 0 Å². The van der Waals surface area contributed by atoms with E-state index in [0.717, 1.165) is 21.9 Å². The van der Waals surface area contributed by atoms with E-state index in [1.807, 2.05) is 12.1 Å². The fraction of sp³-hybridized carbons (Fsp3) is 0. The van der Waals surface area contributed by atoms with Gasteiger partial charge >= 0.3 is 0 Å². The minimum Gasteiger partial charge on any atom is -0.336 e. The van der Waals surface area contributed by atoms with E-state index in [0.29, 0.717) is 16.0 Å². The fourth-order valence-electron chi connectivity index (χ4n) is 0.980. The number of hydrogen-bond acceptors (Lipinski definition) is 4. The van der Waals surface area contributed by atoms with Gasteiger partial charge in [0.05, 0.1) is 26.9 Å². The number of aromatic nitrogens is 2. The lowest BCUT2D eigenvalue weighted by molar-refractivity contribution is 1.44. The maximum atomic E-state index is 5.94. The SMILES string of the molecule is Clc1cccc(Nc2nsnc2Cl)c1Br. The van der Waals surface area contributed by atoms with Crippen LogP contribution < -0.4 is 5.32 Å². The quantitative estimate of drug-likeness (QED) is 0.892. The van der Waals surface area contributed by atoms with Crippen LogP contribution in [0.2, 0.25) is 10.2 Å². The van der Waals surface area contributed by atoms with E-state index >= 15 is 0 Å². The van der Waals surface area contributed by atoms with Crippen molar-refractivity contribution in [2.24, 2.45) is 0 Å². The first-order valence-electron chi connectivity index (χ1n) is 3.87. The molecule has 0 bridgehead atoms. The Labute approximate surface area is 109 Å². The van der Waals surface area contributed by atoms with Crippen LogP contribution in [-0.4, -0.2) is 8.75 Å². The smallest absolute Gasteiger partial charge is 0.187 e. The lowest BCUT2D eigenvalue weighted by atomic mass is 10.3. The van der Waals surface area contributed by atoms with Gasteiger partial charge in [0.1, 0.15) is 0 Å². The van der Waals surface area contributed by atoms with Crippen LogP contribution in [0.3, 0.4) is 0 Å². The monoisotopic (exact) mass is 323 g/mol. The first-order chi connectivity index (χ1) is 7.18. The van der Waals surface area contributed by atoms with Crippen molar-refractivity contribution >= 4 is 62.4 Å². The van der Waals surface area contributed by atoms with Gasteiger partial charge in [-0.3, -0.25) is 0 Å². The predicted molar refractivity (Wildman–Crippen MR) is 67.4 cm³/mol. The average molecular weight is 325 g/mol. The maximum Gasteiger partial charge on any atom is 0.187 e. The molecule has 1 aromatic carbocycles. The molecule has 0 saturated carbocycles. The van der Waals surface area contributed by atoms with Crippen LogP contribution in [-0.2, 0) is 0 Å². The summed E-state index contributed by atoms with van der Waals surface area (Å²) in [6.07, 6.45) is 0. The number of anilines is 2. The van der Waals surface area contributed by atoms with Crippen molar-refractivity contribution in [3.05, 3.63) is 32.8 Å². The number of rotatable bonds is 2. The molecule has 0 fully saturated rings. The number of nitrogens with one attached hydrogen (secondary N) is 1. The van der Waals surface area contributed by atoms with E-state index in [2.05, 4.69) is 30.0 Å². The van der Waals surface area contributed by atoms with Gasteiger partial charge in [-0.05, 0) is 28.1 Å². The van der Waals surface area contributed by atoms with Crippen molar-refractivity contribution in [3.63, 3.8) is 0 Å². The summed E-state index contributed by atoms with van der Waals surface area (Å²) in [6.45, 7) is 0. The Morgan fingerprint density at radius 2 is 2.07 bits per heavy atom. The Hall–Kier alpha value is -0.360. The first-order valence-corrected chi connectivity index (χ1v) is 6.15. The van der Waals surface area contributed by atoms with Crippen LogP contribution in [0.4, 0.5) is 11.5 Å². The van der Waals surface area contributed by atoms with Gasteiger partial charge in [-0.15, -0.1) is 0 Å². The highest BCUT2D eigenvalue weighted by molar-refractivity contribution is 9.10. The van der Waals surface area contributed by atoms with E-state index in [-0.39, 0.29) is 0 Å². The zero-order chi connectivity index (χ0) is 10.8. The molecular weight excluding hydrogens is 321 g/mol. The molecule has 3 nitrogen and oxygen atoms in total. The Kier molecular flexibility index (Phi) is 3.45. The van der Waals surface area contributed by atoms with E-state index < -0.39 is 0 Å². The summed E-state index contributed by atoms with van der Waals surface area (Å²) in [5.41, 5.74) is 0.803. The third kappa shape index (κ3) is 2.42. The van der Waals surface area contributed by atoms with E-state index in [1.54, 1.807) is 6.07 Å². The topological polar surface area (TPSA) is 37.8 Å². The molecule has 1 aromatic heterocycles. The van der Waals surface area contributed by atoms with E-state index in [4.69, 9.17) is 23.2 Å². The molecule has 1 N–H and O–H groups in total. The molecule has 0 aliphatic heterocycles. The summed E-state index contributed by atoms with van der Waals surface area (Å²) in [4.78, 5) is 0. The van der Waals surface area contributed by atoms with E-state index in [9.17, 15) is 0 Å². The van der Waals surface area contributed by atoms with E-state index in [1.165, 1.54) is 0 Å². The number of benzene rings is 1. The van der Waals surface area contributed by atoms with Crippen molar-refractivity contribution in [2.45, 2.75) is 0 Å². The lowest BCUT2D eigenvalue weighted by Crippen LogP contribution is -1.92. The Morgan fingerprint density at radius 1 is 1.27 bits per heavy atom. The third-order valence-electron chi connectivity index (χ3n) is 1.65. The molecule has 2 rings (SSSR count). The molecule has 0 aliphatic rings. The van der Waals surface area contributed by atoms with Crippen LogP contribution in [0.15, 0.2) is 22.7 Å². The van der Waals surface area contributed by atoms with Gasteiger partial charge in [0.15, 0.2) is 11.0 Å². The largest absolute Gasteiger partial charge is 0.336 e. The molecule has 0 atom stereocenters. The number of halogens is 3. The van der Waals surface area contributed by atoms with Crippen LogP contribution in [0.25, 0.3) is 0 Å². The van der Waals surface area contributed by atoms with Crippen molar-refractivity contribution in [2.75, 3.05) is 5.32 Å². The van der Waals surface area contributed by atoms with Gasteiger partial charge in [-0.2, -0.15) is 8.75 Å². The van der Waals surface area contributed by atoms with Crippen LogP contribution in [0.1, 0.15) is 0 Å². The molecule has 2 aromatic rings. The lowest BCUT2D eigenvalue weighted by Gasteiger charge is -2.06. The van der Waals surface area contributed by atoms with Gasteiger partial charge in [0.2, 0.25) is 0 Å². The van der Waals surface area contributed by atoms with Gasteiger partial charge in [-0.25, -0.2) is 0 Å². The Bertz CT molecular complexity index is 488. The number of nitrogens with zero attached hydrogens (tertiary/aromatic N) is 2. The van der Waals surface area contributed by atoms with Crippen molar-refractivity contribution in [3.8, 4) is 0 Å². The molecule has 1 heterocycles. The molecule has 0 saturated heterocycles. The summed E-state index contributed by atoms with van der Waals surface area (Å²) in [6, 6.07) is 5.49. The second-order valence-corrected chi connectivity index (χ2v) is 4.72. The highest BCUT2D eigenvalue weighted by Gasteiger charge is 2.08. The molecule has 78 valence electrons. The Balaban J connectivity index is 2.33. The highest BCUT2D eigenvalue weighted by Crippen LogP contribution is 2.33. The summed E-state index contributed by atoms with van der Waals surface area (Å²) in [5.74, 6) is 0.532. The minimum atomic E-state index is 0.354. The normalized spacial score (nSPS) is 10.3.